The SMILES string of the molecule is COc1ccc2ccccc2c1CNc1ccc(C(=O)O)cc1C. The highest BCUT2D eigenvalue weighted by atomic mass is 16.5. The molecule has 0 aliphatic heterocycles. The van der Waals surface area contributed by atoms with Crippen LogP contribution in [0.4, 0.5) is 5.69 Å². The molecule has 0 radical (unpaired) electrons. The number of anilines is 1. The predicted octanol–water partition coefficient (Wildman–Crippen LogP) is 4.47. The van der Waals surface area contributed by atoms with Crippen molar-refractivity contribution in [3.63, 3.8) is 0 Å². The van der Waals surface area contributed by atoms with Gasteiger partial charge in [0.1, 0.15) is 5.75 Å². The highest BCUT2D eigenvalue weighted by Crippen LogP contribution is 2.29. The second-order valence-corrected chi connectivity index (χ2v) is 5.66. The second-order valence-electron chi connectivity index (χ2n) is 5.66. The van der Waals surface area contributed by atoms with Gasteiger partial charge in [-0.2, -0.15) is 0 Å². The van der Waals surface area contributed by atoms with Gasteiger partial charge in [-0.3, -0.25) is 0 Å². The molecule has 0 unspecified atom stereocenters. The summed E-state index contributed by atoms with van der Waals surface area (Å²) in [5.41, 5.74) is 3.18. The van der Waals surface area contributed by atoms with Crippen molar-refractivity contribution < 1.29 is 14.6 Å². The van der Waals surface area contributed by atoms with E-state index in [1.165, 1.54) is 0 Å². The molecular weight excluding hydrogens is 302 g/mol. The molecular formula is C20H19NO3. The monoisotopic (exact) mass is 321 g/mol. The van der Waals surface area contributed by atoms with Crippen LogP contribution >= 0.6 is 0 Å². The van der Waals surface area contributed by atoms with E-state index in [2.05, 4.69) is 17.4 Å². The lowest BCUT2D eigenvalue weighted by atomic mass is 10.0. The maximum atomic E-state index is 11.0. The summed E-state index contributed by atoms with van der Waals surface area (Å²) >= 11 is 0. The van der Waals surface area contributed by atoms with E-state index >= 15 is 0 Å². The summed E-state index contributed by atoms with van der Waals surface area (Å²) in [6.07, 6.45) is 0. The van der Waals surface area contributed by atoms with Crippen LogP contribution in [0.15, 0.2) is 54.6 Å². The first-order chi connectivity index (χ1) is 11.6. The van der Waals surface area contributed by atoms with Gasteiger partial charge in [-0.15, -0.1) is 0 Å². The Hall–Kier alpha value is -3.01. The molecule has 3 rings (SSSR count). The van der Waals surface area contributed by atoms with Gasteiger partial charge in [-0.25, -0.2) is 4.79 Å². The highest BCUT2D eigenvalue weighted by molar-refractivity contribution is 5.89. The number of hydrogen-bond donors (Lipinski definition) is 2. The molecule has 0 aliphatic carbocycles. The van der Waals surface area contributed by atoms with Crippen molar-refractivity contribution in [2.24, 2.45) is 0 Å². The topological polar surface area (TPSA) is 58.6 Å². The number of aromatic carboxylic acids is 1. The number of nitrogens with one attached hydrogen (secondary N) is 1. The first-order valence-corrected chi connectivity index (χ1v) is 7.72. The smallest absolute Gasteiger partial charge is 0.335 e. The van der Waals surface area contributed by atoms with Crippen molar-refractivity contribution in [1.29, 1.82) is 0 Å². The largest absolute Gasteiger partial charge is 0.496 e. The van der Waals surface area contributed by atoms with Crippen LogP contribution in [-0.4, -0.2) is 18.2 Å². The molecule has 0 fully saturated rings. The van der Waals surface area contributed by atoms with Crippen molar-refractivity contribution in [3.05, 3.63) is 71.3 Å². The molecule has 2 N–H and O–H groups in total. The Labute approximate surface area is 140 Å². The predicted molar refractivity (Wildman–Crippen MR) is 96.0 cm³/mol. The zero-order chi connectivity index (χ0) is 17.1. The lowest BCUT2D eigenvalue weighted by Crippen LogP contribution is -2.05. The van der Waals surface area contributed by atoms with E-state index in [1.807, 2.05) is 31.2 Å². The van der Waals surface area contributed by atoms with Gasteiger partial charge < -0.3 is 15.2 Å². The lowest BCUT2D eigenvalue weighted by Gasteiger charge is -2.15. The number of fused-ring (bicyclic) bond motifs is 1. The fourth-order valence-electron chi connectivity index (χ4n) is 2.87. The minimum Gasteiger partial charge on any atom is -0.496 e. The van der Waals surface area contributed by atoms with E-state index in [4.69, 9.17) is 9.84 Å². The summed E-state index contributed by atoms with van der Waals surface area (Å²) in [4.78, 5) is 11.0. The maximum Gasteiger partial charge on any atom is 0.335 e. The molecule has 0 atom stereocenters. The first kappa shape index (κ1) is 15.9. The summed E-state index contributed by atoms with van der Waals surface area (Å²) < 4.78 is 5.50. The molecule has 0 bridgehead atoms. The number of carboxylic acids is 1. The molecule has 0 heterocycles. The number of ether oxygens (including phenoxy) is 1. The van der Waals surface area contributed by atoms with Crippen LogP contribution in [0, 0.1) is 6.92 Å². The van der Waals surface area contributed by atoms with Gasteiger partial charge in [-0.1, -0.05) is 30.3 Å². The minimum absolute atomic E-state index is 0.292. The highest BCUT2D eigenvalue weighted by Gasteiger charge is 2.10. The van der Waals surface area contributed by atoms with Crippen LogP contribution in [0.5, 0.6) is 5.75 Å². The molecule has 0 aromatic heterocycles. The van der Waals surface area contributed by atoms with Crippen molar-refractivity contribution in [3.8, 4) is 5.75 Å². The van der Waals surface area contributed by atoms with Crippen LogP contribution in [-0.2, 0) is 6.54 Å². The number of carboxylic acid groups (broad SMARTS) is 1. The molecule has 0 saturated heterocycles. The van der Waals surface area contributed by atoms with E-state index in [0.29, 0.717) is 12.1 Å². The Bertz CT molecular complexity index is 903. The average molecular weight is 321 g/mol. The number of benzene rings is 3. The first-order valence-electron chi connectivity index (χ1n) is 7.72. The fourth-order valence-corrected chi connectivity index (χ4v) is 2.87. The number of carbonyl (C=O) groups is 1. The fraction of sp³-hybridized carbons (Fsp3) is 0.150. The van der Waals surface area contributed by atoms with Crippen molar-refractivity contribution in [2.45, 2.75) is 13.5 Å². The Morgan fingerprint density at radius 2 is 1.92 bits per heavy atom. The Morgan fingerprint density at radius 1 is 1.12 bits per heavy atom. The van der Waals surface area contributed by atoms with E-state index < -0.39 is 5.97 Å². The second kappa shape index (κ2) is 6.62. The number of aryl methyl sites for hydroxylation is 1. The Kier molecular flexibility index (Phi) is 4.38. The third-order valence-electron chi connectivity index (χ3n) is 4.15. The van der Waals surface area contributed by atoms with Crippen molar-refractivity contribution in [2.75, 3.05) is 12.4 Å². The molecule has 3 aromatic rings. The summed E-state index contributed by atoms with van der Waals surface area (Å²) in [7, 11) is 1.67. The normalized spacial score (nSPS) is 10.6. The van der Waals surface area contributed by atoms with Gasteiger partial charge in [0.25, 0.3) is 0 Å². The number of methoxy groups -OCH3 is 1. The van der Waals surface area contributed by atoms with Crippen LogP contribution in [0.3, 0.4) is 0 Å². The van der Waals surface area contributed by atoms with Crippen molar-refractivity contribution in [1.82, 2.24) is 0 Å². The molecule has 24 heavy (non-hydrogen) atoms. The molecule has 0 saturated carbocycles. The van der Waals surface area contributed by atoms with Gasteiger partial charge in [0.2, 0.25) is 0 Å². The summed E-state index contributed by atoms with van der Waals surface area (Å²) in [5, 5.41) is 14.8. The molecule has 0 aliphatic rings. The molecule has 0 amide bonds. The number of hydrogen-bond acceptors (Lipinski definition) is 3. The standard InChI is InChI=1S/C20H19NO3/c1-13-11-15(20(22)23)7-9-18(13)21-12-17-16-6-4-3-5-14(16)8-10-19(17)24-2/h3-11,21H,12H2,1-2H3,(H,22,23). The van der Waals surface area contributed by atoms with Gasteiger partial charge in [0.15, 0.2) is 0 Å². The van der Waals surface area contributed by atoms with Crippen LogP contribution < -0.4 is 10.1 Å². The Morgan fingerprint density at radius 3 is 2.62 bits per heavy atom. The molecule has 3 aromatic carbocycles. The van der Waals surface area contributed by atoms with Crippen LogP contribution in [0.2, 0.25) is 0 Å². The van der Waals surface area contributed by atoms with Gasteiger partial charge in [0.05, 0.1) is 12.7 Å². The average Bonchev–Trinajstić information content (AvgIpc) is 2.60. The third kappa shape index (κ3) is 3.04. The molecule has 4 nitrogen and oxygen atoms in total. The quantitative estimate of drug-likeness (QED) is 0.728. The molecule has 122 valence electrons. The van der Waals surface area contributed by atoms with E-state index in [-0.39, 0.29) is 0 Å². The van der Waals surface area contributed by atoms with E-state index in [1.54, 1.807) is 25.3 Å². The van der Waals surface area contributed by atoms with Gasteiger partial charge >= 0.3 is 5.97 Å². The molecule has 0 spiro atoms. The van der Waals surface area contributed by atoms with E-state index in [9.17, 15) is 4.79 Å². The summed E-state index contributed by atoms with van der Waals surface area (Å²) in [5.74, 6) is -0.0821. The zero-order valence-electron chi connectivity index (χ0n) is 13.7. The van der Waals surface area contributed by atoms with Crippen molar-refractivity contribution >= 4 is 22.4 Å². The Balaban J connectivity index is 1.92. The molecule has 4 heteroatoms. The van der Waals surface area contributed by atoms with Gasteiger partial charge in [0, 0.05) is 17.8 Å². The number of rotatable bonds is 5. The third-order valence-corrected chi connectivity index (χ3v) is 4.15. The minimum atomic E-state index is -0.916. The van der Waals surface area contributed by atoms with Crippen LogP contribution in [0.25, 0.3) is 10.8 Å². The van der Waals surface area contributed by atoms with E-state index in [0.717, 1.165) is 33.3 Å². The zero-order valence-corrected chi connectivity index (χ0v) is 13.7. The summed E-state index contributed by atoms with van der Waals surface area (Å²) in [6, 6.07) is 17.3. The van der Waals surface area contributed by atoms with Crippen LogP contribution in [0.1, 0.15) is 21.5 Å². The van der Waals surface area contributed by atoms with Gasteiger partial charge in [-0.05, 0) is 47.5 Å². The summed E-state index contributed by atoms with van der Waals surface area (Å²) in [6.45, 7) is 2.49. The maximum absolute atomic E-state index is 11.0. The lowest BCUT2D eigenvalue weighted by molar-refractivity contribution is 0.0697.